The molecule has 2 N–H and O–H groups in total. The SMILES string of the molecule is CC(CNC(=O)OC(C)(C)C)Nc1ccc(Br)cc1F. The maximum atomic E-state index is 13.6. The summed E-state index contributed by atoms with van der Waals surface area (Å²) < 4.78 is 19.4. The van der Waals surface area contributed by atoms with Gasteiger partial charge in [0.15, 0.2) is 0 Å². The topological polar surface area (TPSA) is 50.4 Å². The molecule has 1 rings (SSSR count). The smallest absolute Gasteiger partial charge is 0.407 e. The van der Waals surface area contributed by atoms with Crippen LogP contribution in [0.15, 0.2) is 22.7 Å². The largest absolute Gasteiger partial charge is 0.444 e. The minimum absolute atomic E-state index is 0.127. The molecule has 1 unspecified atom stereocenters. The summed E-state index contributed by atoms with van der Waals surface area (Å²) in [5.41, 5.74) is -0.134. The van der Waals surface area contributed by atoms with Gasteiger partial charge in [-0.2, -0.15) is 0 Å². The average Bonchev–Trinajstić information content (AvgIpc) is 2.28. The van der Waals surface area contributed by atoms with E-state index in [4.69, 9.17) is 4.74 Å². The van der Waals surface area contributed by atoms with Crippen LogP contribution in [0.2, 0.25) is 0 Å². The summed E-state index contributed by atoms with van der Waals surface area (Å²) in [5.74, 6) is -0.344. The second kappa shape index (κ2) is 6.92. The second-order valence-electron chi connectivity index (χ2n) is 5.55. The minimum atomic E-state index is -0.529. The van der Waals surface area contributed by atoms with Crippen molar-refractivity contribution in [3.05, 3.63) is 28.5 Å². The highest BCUT2D eigenvalue weighted by atomic mass is 79.9. The van der Waals surface area contributed by atoms with Crippen molar-refractivity contribution < 1.29 is 13.9 Å². The molecular weight excluding hydrogens is 327 g/mol. The van der Waals surface area contributed by atoms with E-state index in [0.29, 0.717) is 16.7 Å². The number of rotatable bonds is 4. The molecule has 0 radical (unpaired) electrons. The van der Waals surface area contributed by atoms with E-state index in [9.17, 15) is 9.18 Å². The first-order valence-corrected chi connectivity index (χ1v) is 7.15. The van der Waals surface area contributed by atoms with Crippen molar-refractivity contribution in [2.45, 2.75) is 39.3 Å². The van der Waals surface area contributed by atoms with Crippen LogP contribution in [-0.4, -0.2) is 24.3 Å². The third kappa shape index (κ3) is 6.23. The molecule has 0 heterocycles. The number of hydrogen-bond donors (Lipinski definition) is 2. The predicted octanol–water partition coefficient (Wildman–Crippen LogP) is 3.91. The highest BCUT2D eigenvalue weighted by Crippen LogP contribution is 2.19. The Labute approximate surface area is 127 Å². The fraction of sp³-hybridized carbons (Fsp3) is 0.500. The Morgan fingerprint density at radius 2 is 2.10 bits per heavy atom. The Morgan fingerprint density at radius 3 is 2.65 bits per heavy atom. The summed E-state index contributed by atoms with van der Waals surface area (Å²) >= 11 is 3.20. The summed E-state index contributed by atoms with van der Waals surface area (Å²) in [4.78, 5) is 11.5. The van der Waals surface area contributed by atoms with E-state index in [0.717, 1.165) is 0 Å². The molecule has 0 aliphatic heterocycles. The Bertz CT molecular complexity index is 475. The first-order chi connectivity index (χ1) is 9.17. The van der Waals surface area contributed by atoms with Gasteiger partial charge in [-0.05, 0) is 45.9 Å². The molecule has 1 aromatic rings. The Balaban J connectivity index is 2.44. The second-order valence-corrected chi connectivity index (χ2v) is 6.47. The van der Waals surface area contributed by atoms with Crippen molar-refractivity contribution in [2.75, 3.05) is 11.9 Å². The molecule has 0 saturated heterocycles. The molecule has 0 fully saturated rings. The van der Waals surface area contributed by atoms with Gasteiger partial charge in [-0.1, -0.05) is 15.9 Å². The average molecular weight is 347 g/mol. The van der Waals surface area contributed by atoms with Gasteiger partial charge in [0.2, 0.25) is 0 Å². The van der Waals surface area contributed by atoms with Crippen LogP contribution in [0.1, 0.15) is 27.7 Å². The number of carbonyl (C=O) groups is 1. The first kappa shape index (κ1) is 16.8. The molecule has 20 heavy (non-hydrogen) atoms. The number of benzene rings is 1. The Hall–Kier alpha value is -1.30. The zero-order valence-corrected chi connectivity index (χ0v) is 13.7. The Morgan fingerprint density at radius 1 is 1.45 bits per heavy atom. The monoisotopic (exact) mass is 346 g/mol. The molecule has 0 aliphatic carbocycles. The predicted molar refractivity (Wildman–Crippen MR) is 81.4 cm³/mol. The van der Waals surface area contributed by atoms with E-state index in [-0.39, 0.29) is 11.9 Å². The molecule has 1 amide bonds. The lowest BCUT2D eigenvalue weighted by molar-refractivity contribution is 0.0526. The number of nitrogens with one attached hydrogen (secondary N) is 2. The maximum Gasteiger partial charge on any atom is 0.407 e. The lowest BCUT2D eigenvalue weighted by Crippen LogP contribution is -2.38. The van der Waals surface area contributed by atoms with Crippen LogP contribution < -0.4 is 10.6 Å². The van der Waals surface area contributed by atoms with E-state index >= 15 is 0 Å². The van der Waals surface area contributed by atoms with E-state index in [2.05, 4.69) is 26.6 Å². The third-order valence-corrected chi connectivity index (χ3v) is 2.78. The highest BCUT2D eigenvalue weighted by molar-refractivity contribution is 9.10. The van der Waals surface area contributed by atoms with Crippen molar-refractivity contribution in [2.24, 2.45) is 0 Å². The fourth-order valence-corrected chi connectivity index (χ4v) is 1.81. The van der Waals surface area contributed by atoms with Crippen LogP contribution in [-0.2, 0) is 4.74 Å². The molecule has 0 aliphatic rings. The Kier molecular flexibility index (Phi) is 5.80. The van der Waals surface area contributed by atoms with Gasteiger partial charge in [0, 0.05) is 17.1 Å². The zero-order chi connectivity index (χ0) is 15.3. The zero-order valence-electron chi connectivity index (χ0n) is 12.1. The molecule has 1 atom stereocenters. The molecule has 0 spiro atoms. The number of carbonyl (C=O) groups excluding carboxylic acids is 1. The normalized spacial score (nSPS) is 12.7. The molecule has 4 nitrogen and oxygen atoms in total. The lowest BCUT2D eigenvalue weighted by Gasteiger charge is -2.21. The summed E-state index contributed by atoms with van der Waals surface area (Å²) in [5, 5.41) is 5.62. The van der Waals surface area contributed by atoms with Crippen molar-refractivity contribution in [1.29, 1.82) is 0 Å². The van der Waals surface area contributed by atoms with Gasteiger partial charge in [0.05, 0.1) is 5.69 Å². The maximum absolute atomic E-state index is 13.6. The van der Waals surface area contributed by atoms with Gasteiger partial charge < -0.3 is 15.4 Å². The standard InChI is InChI=1S/C14H20BrFN2O2/c1-9(8-17-13(19)20-14(2,3)4)18-12-6-5-10(15)7-11(12)16/h5-7,9,18H,8H2,1-4H3,(H,17,19). The molecule has 6 heteroatoms. The highest BCUT2D eigenvalue weighted by Gasteiger charge is 2.16. The number of hydrogen-bond acceptors (Lipinski definition) is 3. The lowest BCUT2D eigenvalue weighted by atomic mass is 10.2. The summed E-state index contributed by atoms with van der Waals surface area (Å²) in [7, 11) is 0. The number of amides is 1. The fourth-order valence-electron chi connectivity index (χ4n) is 1.47. The molecule has 0 bridgehead atoms. The number of ether oxygens (including phenoxy) is 1. The van der Waals surface area contributed by atoms with Gasteiger partial charge in [0.1, 0.15) is 11.4 Å². The molecule has 112 valence electrons. The van der Waals surface area contributed by atoms with Crippen molar-refractivity contribution in [3.8, 4) is 0 Å². The van der Waals surface area contributed by atoms with Gasteiger partial charge in [-0.3, -0.25) is 0 Å². The molecule has 0 aromatic heterocycles. The van der Waals surface area contributed by atoms with Crippen LogP contribution in [0.3, 0.4) is 0 Å². The van der Waals surface area contributed by atoms with Gasteiger partial charge in [-0.15, -0.1) is 0 Å². The van der Waals surface area contributed by atoms with Gasteiger partial charge in [-0.25, -0.2) is 9.18 Å². The van der Waals surface area contributed by atoms with E-state index in [1.54, 1.807) is 32.9 Å². The van der Waals surface area contributed by atoms with Crippen LogP contribution in [0.25, 0.3) is 0 Å². The van der Waals surface area contributed by atoms with Crippen molar-refractivity contribution in [3.63, 3.8) is 0 Å². The number of anilines is 1. The van der Waals surface area contributed by atoms with Gasteiger partial charge in [0.25, 0.3) is 0 Å². The summed E-state index contributed by atoms with van der Waals surface area (Å²) in [6.45, 7) is 7.58. The van der Waals surface area contributed by atoms with E-state index in [1.165, 1.54) is 6.07 Å². The summed E-state index contributed by atoms with van der Waals surface area (Å²) in [6.07, 6.45) is -0.484. The minimum Gasteiger partial charge on any atom is -0.444 e. The van der Waals surface area contributed by atoms with Crippen LogP contribution in [0.4, 0.5) is 14.9 Å². The number of halogens is 2. The quantitative estimate of drug-likeness (QED) is 0.868. The van der Waals surface area contributed by atoms with Gasteiger partial charge >= 0.3 is 6.09 Å². The van der Waals surface area contributed by atoms with Crippen molar-refractivity contribution in [1.82, 2.24) is 5.32 Å². The third-order valence-electron chi connectivity index (χ3n) is 2.28. The first-order valence-electron chi connectivity index (χ1n) is 6.36. The van der Waals surface area contributed by atoms with Crippen LogP contribution in [0.5, 0.6) is 0 Å². The van der Waals surface area contributed by atoms with Crippen molar-refractivity contribution >= 4 is 27.7 Å². The molecular formula is C14H20BrFN2O2. The van der Waals surface area contributed by atoms with Crippen LogP contribution in [0, 0.1) is 5.82 Å². The van der Waals surface area contributed by atoms with Crippen LogP contribution >= 0.6 is 15.9 Å². The van der Waals surface area contributed by atoms with E-state index < -0.39 is 11.7 Å². The number of alkyl carbamates (subject to hydrolysis) is 1. The molecule has 1 aromatic carbocycles. The summed E-state index contributed by atoms with van der Waals surface area (Å²) in [6, 6.07) is 4.65. The molecule has 0 saturated carbocycles. The van der Waals surface area contributed by atoms with E-state index in [1.807, 2.05) is 6.92 Å².